The van der Waals surface area contributed by atoms with Crippen LogP contribution in [0.1, 0.15) is 29.7 Å². The molecule has 1 unspecified atom stereocenters. The van der Waals surface area contributed by atoms with E-state index in [-0.39, 0.29) is 5.75 Å². The van der Waals surface area contributed by atoms with E-state index in [2.05, 4.69) is 15.9 Å². The lowest BCUT2D eigenvalue weighted by atomic mass is 9.98. The van der Waals surface area contributed by atoms with Crippen LogP contribution in [0.25, 0.3) is 0 Å². The standard InChI is InChI=1S/C10H13BrO2/c1-5-4-8(13)10(11)6(2)9(5)7(3)12/h4,7,12-13H,1-3H3. The van der Waals surface area contributed by atoms with Crippen LogP contribution in [-0.4, -0.2) is 10.2 Å². The molecule has 2 N–H and O–H groups in total. The zero-order chi connectivity index (χ0) is 10.2. The van der Waals surface area contributed by atoms with Crippen molar-refractivity contribution in [1.82, 2.24) is 0 Å². The summed E-state index contributed by atoms with van der Waals surface area (Å²) >= 11 is 3.27. The van der Waals surface area contributed by atoms with Crippen LogP contribution in [0.4, 0.5) is 0 Å². The van der Waals surface area contributed by atoms with Gasteiger partial charge in [0.1, 0.15) is 5.75 Å². The third-order valence-corrected chi connectivity index (χ3v) is 3.15. The van der Waals surface area contributed by atoms with E-state index in [0.717, 1.165) is 16.7 Å². The molecule has 13 heavy (non-hydrogen) atoms. The Bertz CT molecular complexity index is 332. The highest BCUT2D eigenvalue weighted by molar-refractivity contribution is 9.10. The smallest absolute Gasteiger partial charge is 0.130 e. The first-order valence-corrected chi connectivity index (χ1v) is 4.91. The summed E-state index contributed by atoms with van der Waals surface area (Å²) < 4.78 is 0.661. The maximum absolute atomic E-state index is 9.50. The van der Waals surface area contributed by atoms with E-state index >= 15 is 0 Å². The van der Waals surface area contributed by atoms with Crippen molar-refractivity contribution in [3.8, 4) is 5.75 Å². The highest BCUT2D eigenvalue weighted by Gasteiger charge is 2.13. The molecular formula is C10H13BrO2. The van der Waals surface area contributed by atoms with E-state index in [9.17, 15) is 10.2 Å². The van der Waals surface area contributed by atoms with E-state index in [1.807, 2.05) is 13.8 Å². The molecule has 0 aliphatic carbocycles. The number of halogens is 1. The molecule has 0 amide bonds. The van der Waals surface area contributed by atoms with Gasteiger partial charge in [-0.3, -0.25) is 0 Å². The summed E-state index contributed by atoms with van der Waals surface area (Å²) in [6.45, 7) is 5.47. The largest absolute Gasteiger partial charge is 0.507 e. The monoisotopic (exact) mass is 244 g/mol. The molecule has 1 atom stereocenters. The Kier molecular flexibility index (Phi) is 2.98. The van der Waals surface area contributed by atoms with Crippen LogP contribution in [0.2, 0.25) is 0 Å². The molecule has 0 aromatic heterocycles. The second-order valence-corrected chi connectivity index (χ2v) is 4.03. The fraction of sp³-hybridized carbons (Fsp3) is 0.400. The highest BCUT2D eigenvalue weighted by atomic mass is 79.9. The lowest BCUT2D eigenvalue weighted by Crippen LogP contribution is -1.99. The van der Waals surface area contributed by atoms with E-state index in [1.165, 1.54) is 0 Å². The van der Waals surface area contributed by atoms with Crippen molar-refractivity contribution in [3.63, 3.8) is 0 Å². The number of hydrogen-bond acceptors (Lipinski definition) is 2. The van der Waals surface area contributed by atoms with Gasteiger partial charge in [-0.25, -0.2) is 0 Å². The molecule has 1 aromatic carbocycles. The van der Waals surface area contributed by atoms with Gasteiger partial charge in [0.25, 0.3) is 0 Å². The fourth-order valence-corrected chi connectivity index (χ4v) is 1.92. The van der Waals surface area contributed by atoms with Crippen molar-refractivity contribution in [2.24, 2.45) is 0 Å². The molecular weight excluding hydrogens is 232 g/mol. The zero-order valence-electron chi connectivity index (χ0n) is 7.93. The summed E-state index contributed by atoms with van der Waals surface area (Å²) in [5.74, 6) is 0.222. The Morgan fingerprint density at radius 2 is 1.92 bits per heavy atom. The summed E-state index contributed by atoms with van der Waals surface area (Å²) in [5, 5.41) is 19.0. The molecule has 0 saturated heterocycles. The van der Waals surface area contributed by atoms with Crippen LogP contribution in [-0.2, 0) is 0 Å². The highest BCUT2D eigenvalue weighted by Crippen LogP contribution is 2.34. The van der Waals surface area contributed by atoms with E-state index in [0.29, 0.717) is 4.47 Å². The van der Waals surface area contributed by atoms with Gasteiger partial charge in [0.05, 0.1) is 10.6 Å². The van der Waals surface area contributed by atoms with Gasteiger partial charge < -0.3 is 10.2 Å². The predicted molar refractivity (Wildman–Crippen MR) is 55.9 cm³/mol. The summed E-state index contributed by atoms with van der Waals surface area (Å²) in [6, 6.07) is 1.65. The lowest BCUT2D eigenvalue weighted by molar-refractivity contribution is 0.197. The van der Waals surface area contributed by atoms with Gasteiger partial charge in [-0.2, -0.15) is 0 Å². The Morgan fingerprint density at radius 3 is 2.38 bits per heavy atom. The maximum atomic E-state index is 9.50. The van der Waals surface area contributed by atoms with Crippen LogP contribution in [0.15, 0.2) is 10.5 Å². The number of hydrogen-bond donors (Lipinski definition) is 2. The minimum Gasteiger partial charge on any atom is -0.507 e. The van der Waals surface area contributed by atoms with Crippen LogP contribution in [0, 0.1) is 13.8 Å². The van der Waals surface area contributed by atoms with Crippen LogP contribution < -0.4 is 0 Å². The average Bonchev–Trinajstić information content (AvgIpc) is 1.99. The van der Waals surface area contributed by atoms with Crippen molar-refractivity contribution in [2.45, 2.75) is 26.9 Å². The Hall–Kier alpha value is -0.540. The van der Waals surface area contributed by atoms with Crippen LogP contribution in [0.5, 0.6) is 5.75 Å². The quantitative estimate of drug-likeness (QED) is 0.798. The van der Waals surface area contributed by atoms with Gasteiger partial charge in [0.2, 0.25) is 0 Å². The molecule has 2 nitrogen and oxygen atoms in total. The molecule has 0 heterocycles. The number of phenolic OH excluding ortho intramolecular Hbond substituents is 1. The second-order valence-electron chi connectivity index (χ2n) is 3.24. The van der Waals surface area contributed by atoms with E-state index < -0.39 is 6.10 Å². The molecule has 0 radical (unpaired) electrons. The first kappa shape index (κ1) is 10.5. The van der Waals surface area contributed by atoms with Crippen LogP contribution >= 0.6 is 15.9 Å². The number of aliphatic hydroxyl groups is 1. The Morgan fingerprint density at radius 1 is 1.38 bits per heavy atom. The molecule has 0 spiro atoms. The topological polar surface area (TPSA) is 40.5 Å². The van der Waals surface area contributed by atoms with Crippen molar-refractivity contribution in [1.29, 1.82) is 0 Å². The lowest BCUT2D eigenvalue weighted by Gasteiger charge is -2.15. The second kappa shape index (κ2) is 3.68. The van der Waals surface area contributed by atoms with Crippen molar-refractivity contribution in [2.75, 3.05) is 0 Å². The van der Waals surface area contributed by atoms with Gasteiger partial charge >= 0.3 is 0 Å². The number of aryl methyl sites for hydroxylation is 1. The van der Waals surface area contributed by atoms with Crippen molar-refractivity contribution >= 4 is 15.9 Å². The number of aromatic hydroxyl groups is 1. The Labute approximate surface area is 86.3 Å². The summed E-state index contributed by atoms with van der Waals surface area (Å²) in [6.07, 6.45) is -0.503. The third kappa shape index (κ3) is 1.86. The average molecular weight is 245 g/mol. The predicted octanol–water partition coefficient (Wildman–Crippen LogP) is 2.82. The molecule has 0 aliphatic rings. The van der Waals surface area contributed by atoms with E-state index in [4.69, 9.17) is 0 Å². The zero-order valence-corrected chi connectivity index (χ0v) is 9.51. The minimum absolute atomic E-state index is 0.222. The van der Waals surface area contributed by atoms with Crippen molar-refractivity contribution in [3.05, 3.63) is 27.2 Å². The molecule has 0 aliphatic heterocycles. The van der Waals surface area contributed by atoms with Gasteiger partial charge in [-0.1, -0.05) is 0 Å². The minimum atomic E-state index is -0.503. The summed E-state index contributed by atoms with van der Waals surface area (Å²) in [4.78, 5) is 0. The van der Waals surface area contributed by atoms with Gasteiger partial charge in [-0.15, -0.1) is 0 Å². The molecule has 72 valence electrons. The van der Waals surface area contributed by atoms with Gasteiger partial charge in [0.15, 0.2) is 0 Å². The summed E-state index contributed by atoms with van der Waals surface area (Å²) in [5.41, 5.74) is 2.69. The fourth-order valence-electron chi connectivity index (χ4n) is 1.60. The molecule has 1 rings (SSSR count). The molecule has 0 bridgehead atoms. The molecule has 0 fully saturated rings. The number of aliphatic hydroxyl groups excluding tert-OH is 1. The number of rotatable bonds is 1. The van der Waals surface area contributed by atoms with Gasteiger partial charge in [0, 0.05) is 0 Å². The molecule has 3 heteroatoms. The van der Waals surface area contributed by atoms with E-state index in [1.54, 1.807) is 13.0 Å². The normalized spacial score (nSPS) is 13.0. The van der Waals surface area contributed by atoms with Crippen molar-refractivity contribution < 1.29 is 10.2 Å². The first-order valence-electron chi connectivity index (χ1n) is 4.11. The SMILES string of the molecule is Cc1cc(O)c(Br)c(C)c1C(C)O. The van der Waals surface area contributed by atoms with Gasteiger partial charge in [-0.05, 0) is 59.5 Å². The number of phenols is 1. The molecule has 1 aromatic rings. The first-order chi connectivity index (χ1) is 5.95. The third-order valence-electron chi connectivity index (χ3n) is 2.15. The summed E-state index contributed by atoms with van der Waals surface area (Å²) in [7, 11) is 0. The van der Waals surface area contributed by atoms with Crippen LogP contribution in [0.3, 0.4) is 0 Å². The molecule has 0 saturated carbocycles. The number of benzene rings is 1. The maximum Gasteiger partial charge on any atom is 0.130 e. The Balaban J connectivity index is 3.44.